The topological polar surface area (TPSA) is 117 Å². The summed E-state index contributed by atoms with van der Waals surface area (Å²) in [5.74, 6) is -1.72. The first-order valence-corrected chi connectivity index (χ1v) is 8.14. The van der Waals surface area contributed by atoms with E-state index in [0.717, 1.165) is 24.3 Å². The van der Waals surface area contributed by atoms with Crippen molar-refractivity contribution in [3.05, 3.63) is 76.6 Å². The third-order valence-corrected chi connectivity index (χ3v) is 3.91. The van der Waals surface area contributed by atoms with Gasteiger partial charge in [0.15, 0.2) is 5.57 Å². The van der Waals surface area contributed by atoms with Crippen LogP contribution >= 0.6 is 0 Å². The average molecular weight is 401 g/mol. The van der Waals surface area contributed by atoms with Crippen LogP contribution in [-0.2, 0) is 11.0 Å². The molecule has 1 atom stereocenters. The van der Waals surface area contributed by atoms with E-state index in [4.69, 9.17) is 10.5 Å². The van der Waals surface area contributed by atoms with Crippen molar-refractivity contribution in [1.29, 1.82) is 10.5 Å². The van der Waals surface area contributed by atoms with Gasteiger partial charge in [0.25, 0.3) is 5.91 Å². The number of anilines is 1. The van der Waals surface area contributed by atoms with Crippen molar-refractivity contribution in [3.8, 4) is 12.1 Å². The monoisotopic (exact) mass is 401 g/mol. The fraction of sp³-hybridized carbons (Fsp3) is 0.150. The molecule has 0 aliphatic rings. The standard InChI is InChI=1S/C20H14F3N3O3/c21-20(22,23)14-5-7-15(8-6-14)26-19(29)16(11-25)18(28)9-17(27)13-3-1-12(10-24)2-4-13/h1-8,17,27-28H,9H2,(H,26,29)/b18-16-. The summed E-state index contributed by atoms with van der Waals surface area (Å²) in [7, 11) is 0. The fourth-order valence-electron chi connectivity index (χ4n) is 2.37. The smallest absolute Gasteiger partial charge is 0.416 e. The number of nitrogens with zero attached hydrogens (tertiary/aromatic N) is 2. The zero-order chi connectivity index (χ0) is 21.6. The highest BCUT2D eigenvalue weighted by Gasteiger charge is 2.30. The molecule has 2 rings (SSSR count). The van der Waals surface area contributed by atoms with Gasteiger partial charge in [-0.05, 0) is 42.0 Å². The van der Waals surface area contributed by atoms with Crippen molar-refractivity contribution < 1.29 is 28.2 Å². The largest absolute Gasteiger partial charge is 0.511 e. The molecule has 0 heterocycles. The number of hydrogen-bond acceptors (Lipinski definition) is 5. The van der Waals surface area contributed by atoms with E-state index in [1.54, 1.807) is 0 Å². The minimum atomic E-state index is -4.53. The molecule has 1 amide bonds. The van der Waals surface area contributed by atoms with Gasteiger partial charge in [0, 0.05) is 12.1 Å². The fourth-order valence-corrected chi connectivity index (χ4v) is 2.37. The van der Waals surface area contributed by atoms with Crippen LogP contribution in [0.1, 0.15) is 29.2 Å². The van der Waals surface area contributed by atoms with Gasteiger partial charge in [-0.2, -0.15) is 23.7 Å². The van der Waals surface area contributed by atoms with Crippen LogP contribution in [0.3, 0.4) is 0 Å². The van der Waals surface area contributed by atoms with Gasteiger partial charge in [-0.15, -0.1) is 0 Å². The van der Waals surface area contributed by atoms with Crippen LogP contribution < -0.4 is 5.32 Å². The number of alkyl halides is 3. The Morgan fingerprint density at radius 3 is 2.14 bits per heavy atom. The molecule has 0 fully saturated rings. The Morgan fingerprint density at radius 2 is 1.66 bits per heavy atom. The molecule has 0 bridgehead atoms. The quantitative estimate of drug-likeness (QED) is 0.398. The molecule has 1 unspecified atom stereocenters. The number of rotatable bonds is 5. The second-order valence-electron chi connectivity index (χ2n) is 5.92. The lowest BCUT2D eigenvalue weighted by atomic mass is 10.0. The molecule has 0 radical (unpaired) electrons. The number of carbonyl (C=O) groups excluding carboxylic acids is 1. The third kappa shape index (κ3) is 5.58. The van der Waals surface area contributed by atoms with Crippen molar-refractivity contribution in [1.82, 2.24) is 0 Å². The predicted molar refractivity (Wildman–Crippen MR) is 96.1 cm³/mol. The van der Waals surface area contributed by atoms with E-state index in [-0.39, 0.29) is 5.69 Å². The number of carbonyl (C=O) groups is 1. The number of amides is 1. The highest BCUT2D eigenvalue weighted by molar-refractivity contribution is 6.06. The van der Waals surface area contributed by atoms with E-state index in [1.807, 2.05) is 6.07 Å². The number of hydrogen-bond donors (Lipinski definition) is 3. The van der Waals surface area contributed by atoms with Gasteiger partial charge in [0.2, 0.25) is 0 Å². The molecule has 6 nitrogen and oxygen atoms in total. The molecule has 3 N–H and O–H groups in total. The molecule has 0 saturated heterocycles. The Labute approximate surface area is 163 Å². The summed E-state index contributed by atoms with van der Waals surface area (Å²) < 4.78 is 37.7. The first-order chi connectivity index (χ1) is 13.7. The van der Waals surface area contributed by atoms with E-state index in [2.05, 4.69) is 5.32 Å². The summed E-state index contributed by atoms with van der Waals surface area (Å²) in [6.07, 6.45) is -6.22. The van der Waals surface area contributed by atoms with Crippen molar-refractivity contribution in [2.45, 2.75) is 18.7 Å². The molecule has 29 heavy (non-hydrogen) atoms. The van der Waals surface area contributed by atoms with Gasteiger partial charge in [-0.25, -0.2) is 0 Å². The second-order valence-corrected chi connectivity index (χ2v) is 5.92. The molecular formula is C20H14F3N3O3. The van der Waals surface area contributed by atoms with Crippen molar-refractivity contribution in [2.24, 2.45) is 0 Å². The maximum Gasteiger partial charge on any atom is 0.416 e. The Morgan fingerprint density at radius 1 is 1.07 bits per heavy atom. The predicted octanol–water partition coefficient (Wildman–Crippen LogP) is 3.97. The molecule has 2 aromatic carbocycles. The van der Waals surface area contributed by atoms with Crippen molar-refractivity contribution in [3.63, 3.8) is 0 Å². The van der Waals surface area contributed by atoms with Gasteiger partial charge in [-0.3, -0.25) is 4.79 Å². The van der Waals surface area contributed by atoms with Crippen molar-refractivity contribution >= 4 is 11.6 Å². The first kappa shape index (κ1) is 21.5. The summed E-state index contributed by atoms with van der Waals surface area (Å²) in [5.41, 5.74) is -0.862. The highest BCUT2D eigenvalue weighted by atomic mass is 19.4. The summed E-state index contributed by atoms with van der Waals surface area (Å²) in [6.45, 7) is 0. The Balaban J connectivity index is 2.13. The van der Waals surface area contributed by atoms with Gasteiger partial charge < -0.3 is 15.5 Å². The third-order valence-electron chi connectivity index (χ3n) is 3.91. The van der Waals surface area contributed by atoms with Gasteiger partial charge in [-0.1, -0.05) is 12.1 Å². The average Bonchev–Trinajstić information content (AvgIpc) is 2.68. The minimum absolute atomic E-state index is 0.00353. The van der Waals surface area contributed by atoms with E-state index < -0.39 is 41.5 Å². The summed E-state index contributed by atoms with van der Waals surface area (Å²) in [5, 5.41) is 40.4. The first-order valence-electron chi connectivity index (χ1n) is 8.14. The summed E-state index contributed by atoms with van der Waals surface area (Å²) >= 11 is 0. The zero-order valence-corrected chi connectivity index (χ0v) is 14.7. The van der Waals surface area contributed by atoms with Crippen LogP contribution in [0.2, 0.25) is 0 Å². The number of nitrogens with one attached hydrogen (secondary N) is 1. The number of benzene rings is 2. The Bertz CT molecular complexity index is 999. The number of nitriles is 2. The normalized spacial score (nSPS) is 12.9. The zero-order valence-electron chi connectivity index (χ0n) is 14.7. The molecule has 9 heteroatoms. The maximum absolute atomic E-state index is 12.6. The summed E-state index contributed by atoms with van der Waals surface area (Å²) in [4.78, 5) is 12.2. The highest BCUT2D eigenvalue weighted by Crippen LogP contribution is 2.30. The molecule has 2 aromatic rings. The molecule has 0 spiro atoms. The SMILES string of the molecule is N#C/C(C(=O)Nc1ccc(C(F)(F)F)cc1)=C(/O)CC(O)c1ccc(C#N)cc1. The molecule has 0 aliphatic heterocycles. The lowest BCUT2D eigenvalue weighted by Crippen LogP contribution is -2.16. The lowest BCUT2D eigenvalue weighted by molar-refractivity contribution is -0.137. The van der Waals surface area contributed by atoms with Gasteiger partial charge in [0.05, 0.1) is 23.3 Å². The Kier molecular flexibility index (Phi) is 6.60. The number of aliphatic hydroxyl groups excluding tert-OH is 2. The van der Waals surface area contributed by atoms with E-state index in [1.165, 1.54) is 30.3 Å². The van der Waals surface area contributed by atoms with Gasteiger partial charge in [0.1, 0.15) is 11.8 Å². The van der Waals surface area contributed by atoms with E-state index >= 15 is 0 Å². The van der Waals surface area contributed by atoms with Crippen LogP contribution in [0.15, 0.2) is 59.9 Å². The number of aliphatic hydroxyl groups is 2. The molecule has 148 valence electrons. The lowest BCUT2D eigenvalue weighted by Gasteiger charge is -2.12. The van der Waals surface area contributed by atoms with Crippen LogP contribution in [0.5, 0.6) is 0 Å². The molecule has 0 aliphatic carbocycles. The molecule has 0 saturated carbocycles. The molecular weight excluding hydrogens is 387 g/mol. The summed E-state index contributed by atoms with van der Waals surface area (Å²) in [6, 6.07) is 12.8. The van der Waals surface area contributed by atoms with Crippen LogP contribution in [-0.4, -0.2) is 16.1 Å². The molecule has 0 aromatic heterocycles. The maximum atomic E-state index is 12.6. The van der Waals surface area contributed by atoms with E-state index in [0.29, 0.717) is 11.1 Å². The Hall–Kier alpha value is -3.82. The van der Waals surface area contributed by atoms with Crippen LogP contribution in [0, 0.1) is 22.7 Å². The second kappa shape index (κ2) is 8.91. The van der Waals surface area contributed by atoms with Crippen LogP contribution in [0.4, 0.5) is 18.9 Å². The van der Waals surface area contributed by atoms with Crippen molar-refractivity contribution in [2.75, 3.05) is 5.32 Å². The minimum Gasteiger partial charge on any atom is -0.511 e. The van der Waals surface area contributed by atoms with Crippen LogP contribution in [0.25, 0.3) is 0 Å². The number of halogens is 3. The van der Waals surface area contributed by atoms with E-state index in [9.17, 15) is 28.2 Å². The van der Waals surface area contributed by atoms with Gasteiger partial charge >= 0.3 is 6.18 Å².